The van der Waals surface area contributed by atoms with Gasteiger partial charge in [-0.3, -0.25) is 0 Å². The van der Waals surface area contributed by atoms with Gasteiger partial charge in [-0.15, -0.1) is 0 Å². The van der Waals surface area contributed by atoms with Crippen LogP contribution >= 0.6 is 0 Å². The maximum atomic E-state index is 13.8. The molecule has 0 radical (unpaired) electrons. The largest absolute Gasteiger partial charge is 0.490 e. The molecule has 0 aromatic heterocycles. The summed E-state index contributed by atoms with van der Waals surface area (Å²) in [5.41, 5.74) is 0.847. The van der Waals surface area contributed by atoms with E-state index in [0.29, 0.717) is 31.4 Å². The molecule has 0 atom stereocenters. The number of ether oxygens (including phenoxy) is 2. The third kappa shape index (κ3) is 6.03. The molecule has 0 fully saturated rings. The Kier molecular flexibility index (Phi) is 7.45. The number of hydrogen-bond donors (Lipinski definition) is 1. The highest BCUT2D eigenvalue weighted by Gasteiger charge is 2.09. The Morgan fingerprint density at radius 3 is 2.74 bits per heavy atom. The normalized spacial score (nSPS) is 11.0. The number of methoxy groups -OCH3 is 1. The van der Waals surface area contributed by atoms with E-state index in [4.69, 9.17) is 9.47 Å². The number of rotatable bonds is 9. The molecule has 0 aliphatic carbocycles. The highest BCUT2D eigenvalue weighted by Crippen LogP contribution is 2.23. The average molecular weight is 269 g/mol. The standard InChI is InChI=1S/C15H24FNO2/c1-12(2)7-9-19-15-13(5-4-6-14(15)16)11-17-8-10-18-3/h4-6,12,17H,7-11H2,1-3H3. The van der Waals surface area contributed by atoms with Crippen molar-refractivity contribution in [1.29, 1.82) is 0 Å². The summed E-state index contributed by atoms with van der Waals surface area (Å²) in [5, 5.41) is 3.20. The molecule has 0 unspecified atom stereocenters. The summed E-state index contributed by atoms with van der Waals surface area (Å²) in [6.07, 6.45) is 0.922. The molecule has 0 aliphatic heterocycles. The van der Waals surface area contributed by atoms with Gasteiger partial charge >= 0.3 is 0 Å². The number of halogens is 1. The molecule has 0 saturated heterocycles. The Morgan fingerprint density at radius 1 is 1.26 bits per heavy atom. The van der Waals surface area contributed by atoms with E-state index in [-0.39, 0.29) is 5.82 Å². The van der Waals surface area contributed by atoms with Crippen molar-refractivity contribution in [2.75, 3.05) is 26.9 Å². The summed E-state index contributed by atoms with van der Waals surface area (Å²) >= 11 is 0. The third-order valence-electron chi connectivity index (χ3n) is 2.79. The molecule has 0 bridgehead atoms. The highest BCUT2D eigenvalue weighted by molar-refractivity contribution is 5.34. The fourth-order valence-corrected chi connectivity index (χ4v) is 1.65. The second kappa shape index (κ2) is 8.88. The van der Waals surface area contributed by atoms with Gasteiger partial charge in [-0.05, 0) is 18.4 Å². The van der Waals surface area contributed by atoms with Crippen LogP contribution in [0.15, 0.2) is 18.2 Å². The first-order valence-corrected chi connectivity index (χ1v) is 6.75. The van der Waals surface area contributed by atoms with Crippen molar-refractivity contribution >= 4 is 0 Å². The second-order valence-corrected chi connectivity index (χ2v) is 4.93. The molecule has 0 spiro atoms. The quantitative estimate of drug-likeness (QED) is 0.699. The minimum atomic E-state index is -0.296. The van der Waals surface area contributed by atoms with Crippen molar-refractivity contribution in [3.63, 3.8) is 0 Å². The van der Waals surface area contributed by atoms with Crippen LogP contribution in [0.2, 0.25) is 0 Å². The zero-order valence-electron chi connectivity index (χ0n) is 12.0. The van der Waals surface area contributed by atoms with Gasteiger partial charge in [-0.2, -0.15) is 0 Å². The SMILES string of the molecule is COCCNCc1cccc(F)c1OCCC(C)C. The Bertz CT molecular complexity index is 369. The van der Waals surface area contributed by atoms with E-state index in [1.165, 1.54) is 6.07 Å². The molecular weight excluding hydrogens is 245 g/mol. The third-order valence-corrected chi connectivity index (χ3v) is 2.79. The van der Waals surface area contributed by atoms with Gasteiger partial charge in [-0.25, -0.2) is 4.39 Å². The van der Waals surface area contributed by atoms with Crippen LogP contribution in [0, 0.1) is 11.7 Å². The summed E-state index contributed by atoms with van der Waals surface area (Å²) in [6, 6.07) is 5.02. The lowest BCUT2D eigenvalue weighted by Crippen LogP contribution is -2.19. The molecule has 4 heteroatoms. The smallest absolute Gasteiger partial charge is 0.165 e. The van der Waals surface area contributed by atoms with E-state index in [1.54, 1.807) is 13.2 Å². The molecule has 0 aliphatic rings. The number of para-hydroxylation sites is 1. The molecule has 0 saturated carbocycles. The van der Waals surface area contributed by atoms with Crippen LogP contribution in [0.5, 0.6) is 5.75 Å². The van der Waals surface area contributed by atoms with E-state index < -0.39 is 0 Å². The van der Waals surface area contributed by atoms with Crippen molar-refractivity contribution in [3.8, 4) is 5.75 Å². The van der Waals surface area contributed by atoms with E-state index in [0.717, 1.165) is 18.5 Å². The molecule has 19 heavy (non-hydrogen) atoms. The zero-order chi connectivity index (χ0) is 14.1. The molecule has 1 rings (SSSR count). The highest BCUT2D eigenvalue weighted by atomic mass is 19.1. The predicted molar refractivity (Wildman–Crippen MR) is 74.9 cm³/mol. The second-order valence-electron chi connectivity index (χ2n) is 4.93. The molecule has 0 heterocycles. The number of nitrogens with one attached hydrogen (secondary N) is 1. The molecule has 108 valence electrons. The van der Waals surface area contributed by atoms with E-state index in [9.17, 15) is 4.39 Å². The lowest BCUT2D eigenvalue weighted by Gasteiger charge is -2.14. The van der Waals surface area contributed by atoms with Crippen LogP contribution in [0.25, 0.3) is 0 Å². The van der Waals surface area contributed by atoms with Gasteiger partial charge in [0.25, 0.3) is 0 Å². The van der Waals surface area contributed by atoms with Gasteiger partial charge in [-0.1, -0.05) is 26.0 Å². The number of benzene rings is 1. The molecule has 3 nitrogen and oxygen atoms in total. The summed E-state index contributed by atoms with van der Waals surface area (Å²) in [5.74, 6) is 0.623. The molecule has 1 N–H and O–H groups in total. The van der Waals surface area contributed by atoms with Crippen molar-refractivity contribution in [2.24, 2.45) is 5.92 Å². The fourth-order valence-electron chi connectivity index (χ4n) is 1.65. The summed E-state index contributed by atoms with van der Waals surface area (Å²) in [6.45, 7) is 6.74. The minimum absolute atomic E-state index is 0.296. The Balaban J connectivity index is 2.56. The van der Waals surface area contributed by atoms with Crippen molar-refractivity contribution in [1.82, 2.24) is 5.32 Å². The Hall–Kier alpha value is -1.13. The monoisotopic (exact) mass is 269 g/mol. The first kappa shape index (κ1) is 15.9. The van der Waals surface area contributed by atoms with E-state index in [2.05, 4.69) is 19.2 Å². The van der Waals surface area contributed by atoms with Crippen LogP contribution < -0.4 is 10.1 Å². The number of hydrogen-bond acceptors (Lipinski definition) is 3. The van der Waals surface area contributed by atoms with Gasteiger partial charge in [0.15, 0.2) is 11.6 Å². The molecule has 0 amide bonds. The molecular formula is C15H24FNO2. The lowest BCUT2D eigenvalue weighted by molar-refractivity contribution is 0.199. The van der Waals surface area contributed by atoms with Gasteiger partial charge in [0, 0.05) is 25.8 Å². The van der Waals surface area contributed by atoms with Crippen LogP contribution in [0.1, 0.15) is 25.8 Å². The summed E-state index contributed by atoms with van der Waals surface area (Å²) < 4.78 is 24.3. The first-order valence-electron chi connectivity index (χ1n) is 6.75. The fraction of sp³-hybridized carbons (Fsp3) is 0.600. The maximum Gasteiger partial charge on any atom is 0.165 e. The predicted octanol–water partition coefficient (Wildman–Crippen LogP) is 2.99. The van der Waals surface area contributed by atoms with Crippen molar-refractivity contribution < 1.29 is 13.9 Å². The van der Waals surface area contributed by atoms with E-state index in [1.807, 2.05) is 6.07 Å². The Labute approximate surface area is 115 Å². The molecule has 1 aromatic rings. The van der Waals surface area contributed by atoms with Crippen LogP contribution in [-0.2, 0) is 11.3 Å². The van der Waals surface area contributed by atoms with E-state index >= 15 is 0 Å². The van der Waals surface area contributed by atoms with Crippen LogP contribution in [-0.4, -0.2) is 26.9 Å². The van der Waals surface area contributed by atoms with Gasteiger partial charge in [0.05, 0.1) is 13.2 Å². The Morgan fingerprint density at radius 2 is 2.05 bits per heavy atom. The molecule has 1 aromatic carbocycles. The maximum absolute atomic E-state index is 13.8. The van der Waals surface area contributed by atoms with Gasteiger partial charge in [0.1, 0.15) is 0 Å². The van der Waals surface area contributed by atoms with Crippen LogP contribution in [0.3, 0.4) is 0 Å². The average Bonchev–Trinajstić information content (AvgIpc) is 2.37. The minimum Gasteiger partial charge on any atom is -0.490 e. The topological polar surface area (TPSA) is 30.5 Å². The first-order chi connectivity index (χ1) is 9.15. The van der Waals surface area contributed by atoms with Gasteiger partial charge < -0.3 is 14.8 Å². The summed E-state index contributed by atoms with van der Waals surface area (Å²) in [7, 11) is 1.66. The zero-order valence-corrected chi connectivity index (χ0v) is 12.0. The van der Waals surface area contributed by atoms with Crippen LogP contribution in [0.4, 0.5) is 4.39 Å². The van der Waals surface area contributed by atoms with Crippen molar-refractivity contribution in [3.05, 3.63) is 29.6 Å². The van der Waals surface area contributed by atoms with Crippen molar-refractivity contribution in [2.45, 2.75) is 26.8 Å². The van der Waals surface area contributed by atoms with Gasteiger partial charge in [0.2, 0.25) is 0 Å². The summed E-state index contributed by atoms with van der Waals surface area (Å²) in [4.78, 5) is 0. The lowest BCUT2D eigenvalue weighted by atomic mass is 10.1.